The van der Waals surface area contributed by atoms with Gasteiger partial charge < -0.3 is 20.1 Å². The SMILES string of the molecule is COc1cccc(CN2CCNC(=O)C2CC(=O)NCc2ccncc2)c1OC. The van der Waals surface area contributed by atoms with E-state index in [1.54, 1.807) is 26.6 Å². The predicted octanol–water partition coefficient (Wildman–Crippen LogP) is 1.11. The summed E-state index contributed by atoms with van der Waals surface area (Å²) in [5.74, 6) is 0.962. The minimum atomic E-state index is -0.544. The van der Waals surface area contributed by atoms with E-state index in [2.05, 4.69) is 15.6 Å². The van der Waals surface area contributed by atoms with Crippen molar-refractivity contribution in [3.8, 4) is 11.5 Å². The average molecular weight is 398 g/mol. The lowest BCUT2D eigenvalue weighted by atomic mass is 10.1. The first kappa shape index (κ1) is 20.6. The average Bonchev–Trinajstić information content (AvgIpc) is 2.75. The monoisotopic (exact) mass is 398 g/mol. The zero-order valence-electron chi connectivity index (χ0n) is 16.7. The van der Waals surface area contributed by atoms with E-state index >= 15 is 0 Å². The smallest absolute Gasteiger partial charge is 0.237 e. The number of benzene rings is 1. The van der Waals surface area contributed by atoms with Crippen LogP contribution < -0.4 is 20.1 Å². The van der Waals surface area contributed by atoms with E-state index in [0.717, 1.165) is 11.1 Å². The molecule has 1 aliphatic heterocycles. The molecule has 8 heteroatoms. The van der Waals surface area contributed by atoms with Gasteiger partial charge in [0.15, 0.2) is 11.5 Å². The fraction of sp³-hybridized carbons (Fsp3) is 0.381. The Bertz CT molecular complexity index is 844. The molecular formula is C21H26N4O4. The number of hydrogen-bond acceptors (Lipinski definition) is 6. The van der Waals surface area contributed by atoms with Crippen molar-refractivity contribution in [2.75, 3.05) is 27.3 Å². The highest BCUT2D eigenvalue weighted by molar-refractivity contribution is 5.88. The van der Waals surface area contributed by atoms with Crippen molar-refractivity contribution in [2.24, 2.45) is 0 Å². The zero-order valence-corrected chi connectivity index (χ0v) is 16.7. The molecule has 1 aromatic carbocycles. The van der Waals surface area contributed by atoms with E-state index in [-0.39, 0.29) is 18.2 Å². The van der Waals surface area contributed by atoms with Crippen molar-refractivity contribution >= 4 is 11.8 Å². The van der Waals surface area contributed by atoms with Gasteiger partial charge in [-0.2, -0.15) is 0 Å². The van der Waals surface area contributed by atoms with Crippen LogP contribution in [0.3, 0.4) is 0 Å². The van der Waals surface area contributed by atoms with Crippen molar-refractivity contribution in [3.63, 3.8) is 0 Å². The van der Waals surface area contributed by atoms with Crippen LogP contribution in [0, 0.1) is 0 Å². The second-order valence-electron chi connectivity index (χ2n) is 6.77. The Kier molecular flexibility index (Phi) is 7.02. The van der Waals surface area contributed by atoms with Crippen LogP contribution in [0.15, 0.2) is 42.7 Å². The van der Waals surface area contributed by atoms with Gasteiger partial charge in [-0.3, -0.25) is 19.5 Å². The molecule has 2 aromatic rings. The second-order valence-corrected chi connectivity index (χ2v) is 6.77. The minimum Gasteiger partial charge on any atom is -0.493 e. The highest BCUT2D eigenvalue weighted by atomic mass is 16.5. The Morgan fingerprint density at radius 2 is 2.03 bits per heavy atom. The van der Waals surface area contributed by atoms with E-state index in [4.69, 9.17) is 9.47 Å². The van der Waals surface area contributed by atoms with E-state index in [0.29, 0.717) is 37.7 Å². The Morgan fingerprint density at radius 3 is 2.76 bits per heavy atom. The number of methoxy groups -OCH3 is 2. The fourth-order valence-corrected chi connectivity index (χ4v) is 3.42. The summed E-state index contributed by atoms with van der Waals surface area (Å²) in [6.45, 7) is 2.07. The van der Waals surface area contributed by atoms with Crippen molar-refractivity contribution in [1.82, 2.24) is 20.5 Å². The Hall–Kier alpha value is -3.13. The maximum Gasteiger partial charge on any atom is 0.237 e. The molecular weight excluding hydrogens is 372 g/mol. The van der Waals surface area contributed by atoms with Gasteiger partial charge in [0.05, 0.1) is 26.7 Å². The Labute approximate surface area is 170 Å². The molecule has 8 nitrogen and oxygen atoms in total. The molecule has 1 fully saturated rings. The lowest BCUT2D eigenvalue weighted by Crippen LogP contribution is -2.56. The van der Waals surface area contributed by atoms with Gasteiger partial charge in [0.1, 0.15) is 0 Å². The van der Waals surface area contributed by atoms with E-state index in [9.17, 15) is 9.59 Å². The molecule has 0 spiro atoms. The van der Waals surface area contributed by atoms with Crippen molar-refractivity contribution < 1.29 is 19.1 Å². The molecule has 1 aromatic heterocycles. The molecule has 2 amide bonds. The van der Waals surface area contributed by atoms with Crippen molar-refractivity contribution in [3.05, 3.63) is 53.9 Å². The molecule has 1 unspecified atom stereocenters. The standard InChI is InChI=1S/C21H26N4O4/c1-28-18-5-3-4-16(20(18)29-2)14-25-11-10-23-21(27)17(25)12-19(26)24-13-15-6-8-22-9-7-15/h3-9,17H,10-14H2,1-2H3,(H,23,27)(H,24,26). The van der Waals surface area contributed by atoms with Gasteiger partial charge in [0, 0.05) is 44.1 Å². The van der Waals surface area contributed by atoms with E-state index in [1.807, 2.05) is 35.2 Å². The number of pyridine rings is 1. The van der Waals surface area contributed by atoms with Crippen molar-refractivity contribution in [2.45, 2.75) is 25.6 Å². The summed E-state index contributed by atoms with van der Waals surface area (Å²) in [5, 5.41) is 5.73. The van der Waals surface area contributed by atoms with Crippen LogP contribution >= 0.6 is 0 Å². The third-order valence-electron chi connectivity index (χ3n) is 4.92. The number of rotatable bonds is 8. The van der Waals surface area contributed by atoms with Crippen LogP contribution in [0.25, 0.3) is 0 Å². The zero-order chi connectivity index (χ0) is 20.6. The van der Waals surface area contributed by atoms with Crippen LogP contribution in [-0.4, -0.2) is 55.0 Å². The van der Waals surface area contributed by atoms with Gasteiger partial charge in [-0.15, -0.1) is 0 Å². The highest BCUT2D eigenvalue weighted by Crippen LogP contribution is 2.32. The van der Waals surface area contributed by atoms with Gasteiger partial charge in [-0.25, -0.2) is 0 Å². The topological polar surface area (TPSA) is 92.8 Å². The first-order valence-electron chi connectivity index (χ1n) is 9.49. The van der Waals surface area contributed by atoms with Crippen LogP contribution in [-0.2, 0) is 22.7 Å². The number of ether oxygens (including phenoxy) is 2. The molecule has 2 N–H and O–H groups in total. The van der Waals surface area contributed by atoms with Crippen molar-refractivity contribution in [1.29, 1.82) is 0 Å². The fourth-order valence-electron chi connectivity index (χ4n) is 3.42. The Balaban J connectivity index is 1.68. The number of hydrogen-bond donors (Lipinski definition) is 2. The quantitative estimate of drug-likeness (QED) is 0.692. The van der Waals surface area contributed by atoms with Gasteiger partial charge >= 0.3 is 0 Å². The number of piperazine rings is 1. The number of nitrogens with one attached hydrogen (secondary N) is 2. The molecule has 2 heterocycles. The summed E-state index contributed by atoms with van der Waals surface area (Å²) in [4.78, 5) is 30.9. The molecule has 29 heavy (non-hydrogen) atoms. The third-order valence-corrected chi connectivity index (χ3v) is 4.92. The van der Waals surface area contributed by atoms with Crippen LogP contribution in [0.1, 0.15) is 17.5 Å². The maximum atomic E-state index is 12.5. The molecule has 0 aliphatic carbocycles. The Morgan fingerprint density at radius 1 is 1.24 bits per heavy atom. The van der Waals surface area contributed by atoms with Gasteiger partial charge in [0.25, 0.3) is 0 Å². The highest BCUT2D eigenvalue weighted by Gasteiger charge is 2.32. The molecule has 0 radical (unpaired) electrons. The molecule has 0 saturated carbocycles. The predicted molar refractivity (Wildman–Crippen MR) is 107 cm³/mol. The molecule has 0 bridgehead atoms. The van der Waals surface area contributed by atoms with Gasteiger partial charge in [-0.05, 0) is 23.8 Å². The number of para-hydroxylation sites is 1. The lowest BCUT2D eigenvalue weighted by molar-refractivity contribution is -0.134. The van der Waals surface area contributed by atoms with Crippen LogP contribution in [0.5, 0.6) is 11.5 Å². The number of amides is 2. The normalized spacial score (nSPS) is 16.8. The van der Waals surface area contributed by atoms with E-state index in [1.165, 1.54) is 0 Å². The minimum absolute atomic E-state index is 0.0865. The van der Waals surface area contributed by atoms with Gasteiger partial charge in [-0.1, -0.05) is 12.1 Å². The summed E-state index contributed by atoms with van der Waals surface area (Å²) in [5.41, 5.74) is 1.86. The summed E-state index contributed by atoms with van der Waals surface area (Å²) in [6.07, 6.45) is 3.45. The summed E-state index contributed by atoms with van der Waals surface area (Å²) in [6, 6.07) is 8.79. The second kappa shape index (κ2) is 9.88. The largest absolute Gasteiger partial charge is 0.493 e. The van der Waals surface area contributed by atoms with Crippen LogP contribution in [0.2, 0.25) is 0 Å². The number of nitrogens with zero attached hydrogens (tertiary/aromatic N) is 2. The first-order chi connectivity index (χ1) is 14.1. The molecule has 1 saturated heterocycles. The summed E-state index contributed by atoms with van der Waals surface area (Å²) < 4.78 is 10.9. The summed E-state index contributed by atoms with van der Waals surface area (Å²) >= 11 is 0. The molecule has 1 aliphatic rings. The van der Waals surface area contributed by atoms with Gasteiger partial charge in [0.2, 0.25) is 11.8 Å². The summed E-state index contributed by atoms with van der Waals surface area (Å²) in [7, 11) is 3.18. The molecule has 3 rings (SSSR count). The molecule has 1 atom stereocenters. The first-order valence-corrected chi connectivity index (χ1v) is 9.49. The number of carbonyl (C=O) groups is 2. The number of aromatic nitrogens is 1. The third kappa shape index (κ3) is 5.23. The maximum absolute atomic E-state index is 12.5. The van der Waals surface area contributed by atoms with Crippen LogP contribution in [0.4, 0.5) is 0 Å². The lowest BCUT2D eigenvalue weighted by Gasteiger charge is -2.35. The van der Waals surface area contributed by atoms with E-state index < -0.39 is 6.04 Å². The molecule has 154 valence electrons. The number of carbonyl (C=O) groups excluding carboxylic acids is 2.